The van der Waals surface area contributed by atoms with Crippen LogP contribution in [0, 0.1) is 12.7 Å². The quantitative estimate of drug-likeness (QED) is 0.740. The molecule has 0 bridgehead atoms. The predicted octanol–water partition coefficient (Wildman–Crippen LogP) is 2.00. The predicted molar refractivity (Wildman–Crippen MR) is 80.7 cm³/mol. The second-order valence-electron chi connectivity index (χ2n) is 5.37. The molecule has 1 fully saturated rings. The van der Waals surface area contributed by atoms with Crippen LogP contribution in [0.3, 0.4) is 0 Å². The molecule has 1 aliphatic heterocycles. The van der Waals surface area contributed by atoms with Crippen molar-refractivity contribution < 1.29 is 22.3 Å². The van der Waals surface area contributed by atoms with Gasteiger partial charge in [0.25, 0.3) is 0 Å². The molecule has 1 atom stereocenters. The molecule has 0 spiro atoms. The van der Waals surface area contributed by atoms with Gasteiger partial charge in [-0.05, 0) is 43.9 Å². The molecule has 0 saturated carbocycles. The van der Waals surface area contributed by atoms with E-state index in [0.29, 0.717) is 25.2 Å². The summed E-state index contributed by atoms with van der Waals surface area (Å²) >= 11 is 0. The second kappa shape index (κ2) is 8.01. The Morgan fingerprint density at radius 3 is 2.95 bits per heavy atom. The lowest BCUT2D eigenvalue weighted by atomic mass is 10.2. The van der Waals surface area contributed by atoms with Gasteiger partial charge in [0.05, 0.1) is 17.6 Å². The van der Waals surface area contributed by atoms with Crippen molar-refractivity contribution in [3.05, 3.63) is 29.6 Å². The summed E-state index contributed by atoms with van der Waals surface area (Å²) in [5, 5.41) is 0. The van der Waals surface area contributed by atoms with Crippen molar-refractivity contribution in [3.63, 3.8) is 0 Å². The number of ether oxygens (including phenoxy) is 2. The van der Waals surface area contributed by atoms with Gasteiger partial charge in [0, 0.05) is 19.8 Å². The summed E-state index contributed by atoms with van der Waals surface area (Å²) in [7, 11) is -3.67. The zero-order valence-corrected chi connectivity index (χ0v) is 13.5. The van der Waals surface area contributed by atoms with Gasteiger partial charge in [-0.1, -0.05) is 6.07 Å². The van der Waals surface area contributed by atoms with E-state index in [1.54, 1.807) is 6.92 Å². The summed E-state index contributed by atoms with van der Waals surface area (Å²) < 4.78 is 50.7. The Labute approximate surface area is 130 Å². The average Bonchev–Trinajstić information content (AvgIpc) is 2.98. The number of benzene rings is 1. The molecule has 1 aliphatic rings. The van der Waals surface area contributed by atoms with Crippen molar-refractivity contribution in [2.24, 2.45) is 0 Å². The minimum atomic E-state index is -3.67. The number of aryl methyl sites for hydroxylation is 1. The highest BCUT2D eigenvalue weighted by Gasteiger charge is 2.16. The van der Waals surface area contributed by atoms with Gasteiger partial charge in [-0.3, -0.25) is 0 Å². The van der Waals surface area contributed by atoms with Crippen LogP contribution in [0.4, 0.5) is 4.39 Å². The van der Waals surface area contributed by atoms with E-state index in [-0.39, 0.29) is 17.5 Å². The Bertz CT molecular complexity index is 585. The van der Waals surface area contributed by atoms with Crippen LogP contribution in [0.2, 0.25) is 0 Å². The first-order valence-corrected chi connectivity index (χ1v) is 8.92. The highest BCUT2D eigenvalue weighted by molar-refractivity contribution is 7.89. The molecule has 0 unspecified atom stereocenters. The third kappa shape index (κ3) is 5.01. The van der Waals surface area contributed by atoms with Gasteiger partial charge in [0.2, 0.25) is 10.0 Å². The van der Waals surface area contributed by atoms with Gasteiger partial charge in [0.1, 0.15) is 5.82 Å². The highest BCUT2D eigenvalue weighted by atomic mass is 32.2. The van der Waals surface area contributed by atoms with Crippen LogP contribution in [0.5, 0.6) is 0 Å². The summed E-state index contributed by atoms with van der Waals surface area (Å²) in [5.41, 5.74) is 0.418. The molecule has 0 radical (unpaired) electrons. The van der Waals surface area contributed by atoms with Crippen LogP contribution < -0.4 is 4.72 Å². The first-order valence-electron chi connectivity index (χ1n) is 7.44. The van der Waals surface area contributed by atoms with E-state index < -0.39 is 15.8 Å². The lowest BCUT2D eigenvalue weighted by Gasteiger charge is -2.10. The van der Waals surface area contributed by atoms with Gasteiger partial charge >= 0.3 is 0 Å². The molecular formula is C15H22FNO4S. The number of hydrogen-bond acceptors (Lipinski definition) is 4. The Hall–Kier alpha value is -1.02. The molecule has 1 aromatic carbocycles. The number of halogens is 1. The van der Waals surface area contributed by atoms with Crippen LogP contribution >= 0.6 is 0 Å². The molecule has 0 amide bonds. The Kier molecular flexibility index (Phi) is 6.31. The zero-order valence-electron chi connectivity index (χ0n) is 12.7. The number of rotatable bonds is 8. The molecule has 5 nitrogen and oxygen atoms in total. The Balaban J connectivity index is 1.69. The van der Waals surface area contributed by atoms with E-state index in [9.17, 15) is 12.8 Å². The molecule has 1 aromatic rings. The van der Waals surface area contributed by atoms with Gasteiger partial charge in [0.15, 0.2) is 0 Å². The van der Waals surface area contributed by atoms with E-state index in [4.69, 9.17) is 9.47 Å². The van der Waals surface area contributed by atoms with Crippen LogP contribution in [-0.2, 0) is 19.5 Å². The van der Waals surface area contributed by atoms with E-state index in [0.717, 1.165) is 25.5 Å². The van der Waals surface area contributed by atoms with Crippen LogP contribution in [0.1, 0.15) is 24.8 Å². The number of sulfonamides is 1. The Morgan fingerprint density at radius 1 is 1.45 bits per heavy atom. The topological polar surface area (TPSA) is 64.6 Å². The second-order valence-corrected chi connectivity index (χ2v) is 7.14. The van der Waals surface area contributed by atoms with Crippen molar-refractivity contribution in [2.75, 3.05) is 26.4 Å². The fourth-order valence-corrected chi connectivity index (χ4v) is 3.28. The standard InChI is InChI=1S/C15H22FNO4S/c1-12-5-6-14(10-15(12)16)22(18,19)17-7-3-8-20-11-13-4-2-9-21-13/h5-6,10,13,17H,2-4,7-9,11H2,1H3/t13-/m0/s1. The van der Waals surface area contributed by atoms with Crippen molar-refractivity contribution in [3.8, 4) is 0 Å². The first kappa shape index (κ1) is 17.3. The minimum absolute atomic E-state index is 0.0594. The van der Waals surface area contributed by atoms with Crippen LogP contribution in [-0.4, -0.2) is 40.9 Å². The van der Waals surface area contributed by atoms with E-state index in [2.05, 4.69) is 4.72 Å². The smallest absolute Gasteiger partial charge is 0.240 e. The normalized spacial score (nSPS) is 18.7. The third-order valence-electron chi connectivity index (χ3n) is 3.54. The molecule has 22 heavy (non-hydrogen) atoms. The summed E-state index contributed by atoms with van der Waals surface area (Å²) in [4.78, 5) is -0.0594. The summed E-state index contributed by atoms with van der Waals surface area (Å²) in [6.45, 7) is 3.65. The van der Waals surface area contributed by atoms with Gasteiger partial charge in [-0.2, -0.15) is 0 Å². The largest absolute Gasteiger partial charge is 0.379 e. The van der Waals surface area contributed by atoms with Crippen molar-refractivity contribution in [1.29, 1.82) is 0 Å². The third-order valence-corrected chi connectivity index (χ3v) is 5.00. The summed E-state index contributed by atoms with van der Waals surface area (Å²) in [6.07, 6.45) is 2.82. The molecular weight excluding hydrogens is 309 g/mol. The maximum Gasteiger partial charge on any atom is 0.240 e. The molecule has 2 rings (SSSR count). The van der Waals surface area contributed by atoms with Gasteiger partial charge < -0.3 is 9.47 Å². The molecule has 1 N–H and O–H groups in total. The van der Waals surface area contributed by atoms with Gasteiger partial charge in [-0.25, -0.2) is 17.5 Å². The van der Waals surface area contributed by atoms with E-state index >= 15 is 0 Å². The molecule has 7 heteroatoms. The molecule has 0 aliphatic carbocycles. The van der Waals surface area contributed by atoms with Crippen molar-refractivity contribution in [1.82, 2.24) is 4.72 Å². The van der Waals surface area contributed by atoms with Gasteiger partial charge in [-0.15, -0.1) is 0 Å². The maximum atomic E-state index is 13.4. The fraction of sp³-hybridized carbons (Fsp3) is 0.600. The SMILES string of the molecule is Cc1ccc(S(=O)(=O)NCCCOC[C@@H]2CCCO2)cc1F. The minimum Gasteiger partial charge on any atom is -0.379 e. The fourth-order valence-electron chi connectivity index (χ4n) is 2.20. The van der Waals surface area contributed by atoms with Crippen LogP contribution in [0.25, 0.3) is 0 Å². The highest BCUT2D eigenvalue weighted by Crippen LogP contribution is 2.14. The van der Waals surface area contributed by atoms with Crippen molar-refractivity contribution in [2.45, 2.75) is 37.2 Å². The van der Waals surface area contributed by atoms with Crippen LogP contribution in [0.15, 0.2) is 23.1 Å². The lowest BCUT2D eigenvalue weighted by Crippen LogP contribution is -2.26. The maximum absolute atomic E-state index is 13.4. The van der Waals surface area contributed by atoms with Crippen molar-refractivity contribution >= 4 is 10.0 Å². The number of hydrogen-bond donors (Lipinski definition) is 1. The molecule has 1 heterocycles. The molecule has 1 saturated heterocycles. The van der Waals surface area contributed by atoms with E-state index in [1.807, 2.05) is 0 Å². The number of nitrogens with one attached hydrogen (secondary N) is 1. The summed E-state index contributed by atoms with van der Waals surface area (Å²) in [5.74, 6) is -0.525. The monoisotopic (exact) mass is 331 g/mol. The first-order chi connectivity index (χ1) is 10.5. The van der Waals surface area contributed by atoms with E-state index in [1.165, 1.54) is 12.1 Å². The zero-order chi connectivity index (χ0) is 16.0. The molecule has 0 aromatic heterocycles. The summed E-state index contributed by atoms with van der Waals surface area (Å²) in [6, 6.07) is 3.88. The Morgan fingerprint density at radius 2 is 2.27 bits per heavy atom. The molecule has 124 valence electrons. The average molecular weight is 331 g/mol. The lowest BCUT2D eigenvalue weighted by molar-refractivity contribution is 0.0169.